The van der Waals surface area contributed by atoms with Crippen LogP contribution in [0.15, 0.2) is 12.1 Å². The number of pyridine rings is 1. The number of ether oxygens (including phenoxy) is 1. The number of hydrogen-bond donors (Lipinski definition) is 0. The molecular weight excluding hydrogens is 186 g/mol. The minimum absolute atomic E-state index is 0.431. The van der Waals surface area contributed by atoms with E-state index in [9.17, 15) is 0 Å². The average molecular weight is 205 g/mol. The highest BCUT2D eigenvalue weighted by Crippen LogP contribution is 2.23. The van der Waals surface area contributed by atoms with E-state index in [4.69, 9.17) is 4.74 Å². The molecule has 0 spiro atoms. The molecule has 2 nitrogen and oxygen atoms in total. The Balaban J connectivity index is 2.02. The molecule has 1 fully saturated rings. The summed E-state index contributed by atoms with van der Waals surface area (Å²) in [6.07, 6.45) is 6.84. The fourth-order valence-electron chi connectivity index (χ4n) is 2.24. The van der Waals surface area contributed by atoms with Crippen molar-refractivity contribution in [2.45, 2.75) is 52.1 Å². The molecule has 15 heavy (non-hydrogen) atoms. The Morgan fingerprint density at radius 1 is 1.07 bits per heavy atom. The molecule has 0 bridgehead atoms. The maximum Gasteiger partial charge on any atom is 0.123 e. The van der Waals surface area contributed by atoms with Gasteiger partial charge in [-0.2, -0.15) is 0 Å². The summed E-state index contributed by atoms with van der Waals surface area (Å²) in [7, 11) is 0. The van der Waals surface area contributed by atoms with E-state index in [1.165, 1.54) is 32.1 Å². The Morgan fingerprint density at radius 3 is 2.27 bits per heavy atom. The number of rotatable bonds is 2. The Bertz CT molecular complexity index is 309. The highest BCUT2D eigenvalue weighted by Gasteiger charge is 2.14. The third-order valence-electron chi connectivity index (χ3n) is 2.91. The Hall–Kier alpha value is -1.05. The molecule has 1 aromatic heterocycles. The second-order valence-electron chi connectivity index (χ2n) is 4.46. The fourth-order valence-corrected chi connectivity index (χ4v) is 2.24. The van der Waals surface area contributed by atoms with E-state index in [2.05, 4.69) is 4.98 Å². The van der Waals surface area contributed by atoms with Gasteiger partial charge in [-0.3, -0.25) is 4.98 Å². The average Bonchev–Trinajstić information content (AvgIpc) is 2.17. The van der Waals surface area contributed by atoms with Gasteiger partial charge in [0.2, 0.25) is 0 Å². The Morgan fingerprint density at radius 2 is 1.67 bits per heavy atom. The van der Waals surface area contributed by atoms with Crippen LogP contribution in [-0.2, 0) is 0 Å². The maximum absolute atomic E-state index is 5.98. The SMILES string of the molecule is Cc1cc(OC2CCCCC2)cc(C)n1. The van der Waals surface area contributed by atoms with E-state index in [1.54, 1.807) is 0 Å². The first-order chi connectivity index (χ1) is 7.24. The highest BCUT2D eigenvalue weighted by atomic mass is 16.5. The fraction of sp³-hybridized carbons (Fsp3) is 0.615. The molecular formula is C13H19NO. The van der Waals surface area contributed by atoms with Crippen molar-refractivity contribution in [3.63, 3.8) is 0 Å². The van der Waals surface area contributed by atoms with Gasteiger partial charge in [0.15, 0.2) is 0 Å². The van der Waals surface area contributed by atoms with Gasteiger partial charge in [0, 0.05) is 23.5 Å². The molecule has 1 aromatic rings. The van der Waals surface area contributed by atoms with E-state index >= 15 is 0 Å². The summed E-state index contributed by atoms with van der Waals surface area (Å²) in [5.74, 6) is 0.993. The molecule has 0 amide bonds. The van der Waals surface area contributed by atoms with Crippen molar-refractivity contribution in [1.29, 1.82) is 0 Å². The van der Waals surface area contributed by atoms with Crippen LogP contribution < -0.4 is 4.74 Å². The zero-order valence-electron chi connectivity index (χ0n) is 9.62. The summed E-state index contributed by atoms with van der Waals surface area (Å²) in [5.41, 5.74) is 2.08. The van der Waals surface area contributed by atoms with Crippen molar-refractivity contribution < 1.29 is 4.74 Å². The lowest BCUT2D eigenvalue weighted by Gasteiger charge is -2.23. The molecule has 1 aliphatic carbocycles. The topological polar surface area (TPSA) is 22.1 Å². The first-order valence-corrected chi connectivity index (χ1v) is 5.86. The molecule has 2 rings (SSSR count). The van der Waals surface area contributed by atoms with E-state index in [-0.39, 0.29) is 0 Å². The van der Waals surface area contributed by atoms with Crippen LogP contribution in [0, 0.1) is 13.8 Å². The van der Waals surface area contributed by atoms with Crippen molar-refractivity contribution >= 4 is 0 Å². The van der Waals surface area contributed by atoms with Crippen LogP contribution in [0.1, 0.15) is 43.5 Å². The maximum atomic E-state index is 5.98. The van der Waals surface area contributed by atoms with E-state index in [0.717, 1.165) is 17.1 Å². The van der Waals surface area contributed by atoms with Crippen LogP contribution in [-0.4, -0.2) is 11.1 Å². The second-order valence-corrected chi connectivity index (χ2v) is 4.46. The van der Waals surface area contributed by atoms with Crippen LogP contribution in [0.3, 0.4) is 0 Å². The standard InChI is InChI=1S/C13H19NO/c1-10-8-13(9-11(2)14-10)15-12-6-4-3-5-7-12/h8-9,12H,3-7H2,1-2H3. The van der Waals surface area contributed by atoms with Gasteiger partial charge in [0.25, 0.3) is 0 Å². The molecule has 1 saturated carbocycles. The first-order valence-electron chi connectivity index (χ1n) is 5.86. The predicted octanol–water partition coefficient (Wildman–Crippen LogP) is 3.41. The van der Waals surface area contributed by atoms with Crippen LogP contribution in [0.25, 0.3) is 0 Å². The summed E-state index contributed by atoms with van der Waals surface area (Å²) >= 11 is 0. The summed E-state index contributed by atoms with van der Waals surface area (Å²) in [6, 6.07) is 4.06. The number of nitrogens with zero attached hydrogens (tertiary/aromatic N) is 1. The molecule has 0 aliphatic heterocycles. The Labute approximate surface area is 91.7 Å². The minimum Gasteiger partial charge on any atom is -0.490 e. The lowest BCUT2D eigenvalue weighted by molar-refractivity contribution is 0.154. The largest absolute Gasteiger partial charge is 0.490 e. The zero-order valence-corrected chi connectivity index (χ0v) is 9.62. The van der Waals surface area contributed by atoms with Gasteiger partial charge in [-0.05, 0) is 39.5 Å². The number of hydrogen-bond acceptors (Lipinski definition) is 2. The normalized spacial score (nSPS) is 17.7. The van der Waals surface area contributed by atoms with Crippen molar-refractivity contribution in [1.82, 2.24) is 4.98 Å². The van der Waals surface area contributed by atoms with Crippen molar-refractivity contribution in [2.24, 2.45) is 0 Å². The molecule has 1 aliphatic rings. The van der Waals surface area contributed by atoms with Crippen LogP contribution in [0.2, 0.25) is 0 Å². The van der Waals surface area contributed by atoms with Crippen molar-refractivity contribution in [3.8, 4) is 5.75 Å². The third-order valence-corrected chi connectivity index (χ3v) is 2.91. The molecule has 0 unspecified atom stereocenters. The van der Waals surface area contributed by atoms with E-state index in [0.29, 0.717) is 6.10 Å². The van der Waals surface area contributed by atoms with Gasteiger partial charge in [0.05, 0.1) is 6.10 Å². The molecule has 1 heterocycles. The molecule has 82 valence electrons. The second kappa shape index (κ2) is 4.65. The van der Waals surface area contributed by atoms with Gasteiger partial charge >= 0.3 is 0 Å². The molecule has 0 aromatic carbocycles. The van der Waals surface area contributed by atoms with E-state index < -0.39 is 0 Å². The summed E-state index contributed by atoms with van der Waals surface area (Å²) < 4.78 is 5.98. The molecule has 0 N–H and O–H groups in total. The zero-order chi connectivity index (χ0) is 10.7. The molecule has 0 atom stereocenters. The minimum atomic E-state index is 0.431. The van der Waals surface area contributed by atoms with Crippen LogP contribution >= 0.6 is 0 Å². The highest BCUT2D eigenvalue weighted by molar-refractivity contribution is 5.26. The molecule has 2 heteroatoms. The van der Waals surface area contributed by atoms with Gasteiger partial charge in [-0.1, -0.05) is 6.42 Å². The summed E-state index contributed by atoms with van der Waals surface area (Å²) in [4.78, 5) is 4.35. The number of aromatic nitrogens is 1. The third kappa shape index (κ3) is 2.95. The lowest BCUT2D eigenvalue weighted by atomic mass is 9.98. The van der Waals surface area contributed by atoms with Gasteiger partial charge < -0.3 is 4.74 Å². The first kappa shape index (κ1) is 10.5. The summed E-state index contributed by atoms with van der Waals surface area (Å²) in [6.45, 7) is 4.03. The quantitative estimate of drug-likeness (QED) is 0.738. The summed E-state index contributed by atoms with van der Waals surface area (Å²) in [5, 5.41) is 0. The van der Waals surface area contributed by atoms with Crippen molar-refractivity contribution in [3.05, 3.63) is 23.5 Å². The monoisotopic (exact) mass is 205 g/mol. The van der Waals surface area contributed by atoms with Crippen LogP contribution in [0.4, 0.5) is 0 Å². The van der Waals surface area contributed by atoms with Crippen LogP contribution in [0.5, 0.6) is 5.75 Å². The molecule has 0 saturated heterocycles. The van der Waals surface area contributed by atoms with Gasteiger partial charge in [-0.25, -0.2) is 0 Å². The smallest absolute Gasteiger partial charge is 0.123 e. The van der Waals surface area contributed by atoms with Crippen molar-refractivity contribution in [2.75, 3.05) is 0 Å². The van der Waals surface area contributed by atoms with Gasteiger partial charge in [-0.15, -0.1) is 0 Å². The van der Waals surface area contributed by atoms with Gasteiger partial charge in [0.1, 0.15) is 5.75 Å². The predicted molar refractivity (Wildman–Crippen MR) is 61.2 cm³/mol. The Kier molecular flexibility index (Phi) is 3.24. The lowest BCUT2D eigenvalue weighted by Crippen LogP contribution is -2.19. The molecule has 0 radical (unpaired) electrons. The van der Waals surface area contributed by atoms with E-state index in [1.807, 2.05) is 26.0 Å². The number of aryl methyl sites for hydroxylation is 2.